The average molecular weight is 429 g/mol. The summed E-state index contributed by atoms with van der Waals surface area (Å²) in [6.07, 6.45) is 0. The monoisotopic (exact) mass is 428 g/mol. The molecule has 0 aromatic carbocycles. The van der Waals surface area contributed by atoms with E-state index in [-0.39, 0.29) is 13.5 Å². The van der Waals surface area contributed by atoms with E-state index in [2.05, 4.69) is 78.8 Å². The van der Waals surface area contributed by atoms with Gasteiger partial charge in [0.15, 0.2) is 0 Å². The van der Waals surface area contributed by atoms with Crippen LogP contribution in [0.1, 0.15) is 69.2 Å². The zero-order valence-electron chi connectivity index (χ0n) is 16.3. The van der Waals surface area contributed by atoms with E-state index >= 15 is 0 Å². The minimum atomic E-state index is 0. The Morgan fingerprint density at radius 2 is 0.391 bits per heavy atom. The third-order valence-electron chi connectivity index (χ3n) is 5.62. The van der Waals surface area contributed by atoms with Crippen LogP contribution in [-0.2, 0) is 32.7 Å². The van der Waals surface area contributed by atoms with Crippen molar-refractivity contribution in [3.63, 3.8) is 0 Å². The topological polar surface area (TPSA) is 0 Å². The second kappa shape index (κ2) is 11.8. The molecule has 0 unspecified atom stereocenters. The first kappa shape index (κ1) is 26.5. The summed E-state index contributed by atoms with van der Waals surface area (Å²) in [6.45, 7) is 22.0. The Morgan fingerprint density at radius 3 is 0.435 bits per heavy atom. The zero-order chi connectivity index (χ0) is 17.8. The molecule has 0 aromatic heterocycles. The second-order valence-corrected chi connectivity index (χ2v) is 6.25. The van der Waals surface area contributed by atoms with E-state index in [9.17, 15) is 0 Å². The number of rotatable bonds is 0. The maximum atomic E-state index is 4.13. The summed E-state index contributed by atoms with van der Waals surface area (Å²) < 4.78 is 0. The van der Waals surface area contributed by atoms with Crippen molar-refractivity contribution in [2.24, 2.45) is 0 Å². The van der Waals surface area contributed by atoms with Crippen molar-refractivity contribution in [3.05, 3.63) is 59.2 Å². The molecule has 2 rings (SSSR count). The van der Waals surface area contributed by atoms with Gasteiger partial charge in [-0.1, -0.05) is 69.2 Å². The van der Waals surface area contributed by atoms with E-state index in [1.807, 2.05) is 0 Å². The average Bonchev–Trinajstić information content (AvgIpc) is 2.81. The quantitative estimate of drug-likeness (QED) is 0.252. The SMILES string of the molecule is C[C]1[C](C)[C](C)[C](C)[C]1C.C[C]1[C](C)[C](C)[C](C)[C]1C.[SH-].[S]=[Nb]. The predicted octanol–water partition coefficient (Wildman–Crippen LogP) is 6.32. The molecule has 129 valence electrons. The van der Waals surface area contributed by atoms with Crippen molar-refractivity contribution in [3.8, 4) is 0 Å². The molecule has 2 aliphatic rings. The Kier molecular flexibility index (Phi) is 13.7. The van der Waals surface area contributed by atoms with Gasteiger partial charge in [-0.2, -0.15) is 0 Å². The van der Waals surface area contributed by atoms with E-state index in [1.165, 1.54) is 78.4 Å². The number of hydrogen-bond donors (Lipinski definition) is 0. The number of hydrogen-bond acceptors (Lipinski definition) is 2. The van der Waals surface area contributed by atoms with Crippen LogP contribution in [-0.4, -0.2) is 0 Å². The Labute approximate surface area is 170 Å². The summed E-state index contributed by atoms with van der Waals surface area (Å²) in [4.78, 5) is 0. The van der Waals surface area contributed by atoms with Crippen molar-refractivity contribution in [2.75, 3.05) is 0 Å². The zero-order valence-corrected chi connectivity index (χ0v) is 20.2. The van der Waals surface area contributed by atoms with Gasteiger partial charge in [-0.05, 0) is 59.2 Å². The van der Waals surface area contributed by atoms with Gasteiger partial charge in [0.1, 0.15) is 0 Å². The summed E-state index contributed by atoms with van der Waals surface area (Å²) in [6, 6.07) is 0. The van der Waals surface area contributed by atoms with Gasteiger partial charge in [0, 0.05) is 0 Å². The van der Waals surface area contributed by atoms with E-state index in [4.69, 9.17) is 0 Å². The molecule has 0 amide bonds. The van der Waals surface area contributed by atoms with Gasteiger partial charge < -0.3 is 13.5 Å². The Hall–Kier alpha value is 1.31. The molecule has 0 aliphatic heterocycles. The first-order chi connectivity index (χ1) is 10.1. The van der Waals surface area contributed by atoms with Gasteiger partial charge in [0.05, 0.1) is 0 Å². The van der Waals surface area contributed by atoms with E-state index < -0.39 is 0 Å². The van der Waals surface area contributed by atoms with Crippen LogP contribution < -0.4 is 0 Å². The molecular formula is C20H31NbS2-. The van der Waals surface area contributed by atoms with Crippen LogP contribution in [0.4, 0.5) is 0 Å². The first-order valence-electron chi connectivity index (χ1n) is 7.68. The van der Waals surface area contributed by atoms with Crippen LogP contribution in [0.25, 0.3) is 0 Å². The fourth-order valence-corrected chi connectivity index (χ4v) is 2.81. The molecule has 3 heteroatoms. The molecule has 2 saturated carbocycles. The van der Waals surface area contributed by atoms with E-state index in [0.717, 1.165) is 0 Å². The third kappa shape index (κ3) is 6.20. The van der Waals surface area contributed by atoms with Crippen LogP contribution in [0.2, 0.25) is 0 Å². The molecule has 0 atom stereocenters. The Balaban J connectivity index is 0. The summed E-state index contributed by atoms with van der Waals surface area (Å²) in [5, 5.41) is 0. The van der Waals surface area contributed by atoms with Gasteiger partial charge in [-0.25, -0.2) is 0 Å². The molecule has 2 fully saturated rings. The predicted molar refractivity (Wildman–Crippen MR) is 106 cm³/mol. The number of thiol groups is 1. The van der Waals surface area contributed by atoms with Gasteiger partial charge >= 0.3 is 28.8 Å². The van der Waals surface area contributed by atoms with Gasteiger partial charge in [0.25, 0.3) is 0 Å². The fourth-order valence-electron chi connectivity index (χ4n) is 2.81. The van der Waals surface area contributed by atoms with Crippen LogP contribution in [0.15, 0.2) is 0 Å². The minimum absolute atomic E-state index is 0. The fraction of sp³-hybridized carbons (Fsp3) is 0.500. The molecule has 0 spiro atoms. The van der Waals surface area contributed by atoms with Crippen LogP contribution >= 0.6 is 9.58 Å². The molecule has 0 nitrogen and oxygen atoms in total. The Morgan fingerprint density at radius 1 is 0.348 bits per heavy atom. The van der Waals surface area contributed by atoms with Crippen molar-refractivity contribution >= 4 is 23.1 Å². The molecule has 0 N–H and O–H groups in total. The third-order valence-corrected chi connectivity index (χ3v) is 5.62. The van der Waals surface area contributed by atoms with Crippen molar-refractivity contribution in [1.29, 1.82) is 0 Å². The summed E-state index contributed by atoms with van der Waals surface area (Å²) >= 11 is 1.33. The van der Waals surface area contributed by atoms with Crippen LogP contribution in [0, 0.1) is 59.2 Å². The standard InChI is InChI=1S/2C10H15.Nb.H2S.S/c2*1-6-7(2)9(4)10(5)8(6)3;;;/h2*1-5H3;;1H2;/p-1. The molecule has 23 heavy (non-hydrogen) atoms. The van der Waals surface area contributed by atoms with Crippen LogP contribution in [0.3, 0.4) is 0 Å². The maximum absolute atomic E-state index is 4.13. The van der Waals surface area contributed by atoms with Crippen LogP contribution in [0.5, 0.6) is 0 Å². The molecule has 2 aliphatic carbocycles. The molecule has 0 aromatic rings. The van der Waals surface area contributed by atoms with Gasteiger partial charge in [-0.15, -0.1) is 0 Å². The van der Waals surface area contributed by atoms with Gasteiger partial charge in [-0.3, -0.25) is 0 Å². The van der Waals surface area contributed by atoms with E-state index in [0.29, 0.717) is 0 Å². The summed E-state index contributed by atoms with van der Waals surface area (Å²) in [7, 11) is 4.13. The molecule has 0 bridgehead atoms. The summed E-state index contributed by atoms with van der Waals surface area (Å²) in [5.74, 6) is 14.7. The second-order valence-electron chi connectivity index (χ2n) is 6.25. The van der Waals surface area contributed by atoms with Crippen molar-refractivity contribution < 1.29 is 19.2 Å². The molecule has 0 heterocycles. The molecular weight excluding hydrogens is 397 g/mol. The molecule has 0 saturated heterocycles. The van der Waals surface area contributed by atoms with Crippen molar-refractivity contribution in [1.82, 2.24) is 0 Å². The van der Waals surface area contributed by atoms with Crippen molar-refractivity contribution in [2.45, 2.75) is 69.2 Å². The first-order valence-corrected chi connectivity index (χ1v) is 10.7. The normalized spacial score (nSPS) is 24.9. The van der Waals surface area contributed by atoms with E-state index in [1.54, 1.807) is 0 Å². The Bertz CT molecular complexity index is 203. The summed E-state index contributed by atoms with van der Waals surface area (Å²) in [5.41, 5.74) is 0. The molecule has 10 radical (unpaired) electrons. The van der Waals surface area contributed by atoms with Gasteiger partial charge in [0.2, 0.25) is 0 Å².